The van der Waals surface area contributed by atoms with Gasteiger partial charge < -0.3 is 14.8 Å². The van der Waals surface area contributed by atoms with E-state index in [2.05, 4.69) is 21.8 Å². The van der Waals surface area contributed by atoms with Gasteiger partial charge in [-0.2, -0.15) is 0 Å². The summed E-state index contributed by atoms with van der Waals surface area (Å²) in [5, 5.41) is 3.00. The van der Waals surface area contributed by atoms with Gasteiger partial charge in [0.2, 0.25) is 0 Å². The Labute approximate surface area is 170 Å². The SMILES string of the molecule is CCn1c(CNC(=O)N2CCC(C(=O)c3ccccc3)CC2)nc2ccccc21. The number of Topliss-reactive ketones (excluding diaryl/α,β-unsaturated/α-hetero) is 1. The van der Waals surface area contributed by atoms with Crippen molar-refractivity contribution in [3.8, 4) is 0 Å². The second kappa shape index (κ2) is 8.47. The highest BCUT2D eigenvalue weighted by atomic mass is 16.2. The number of ketones is 1. The Balaban J connectivity index is 1.33. The number of hydrogen-bond acceptors (Lipinski definition) is 3. The number of carbonyl (C=O) groups excluding carboxylic acids is 2. The quantitative estimate of drug-likeness (QED) is 0.673. The molecule has 6 nitrogen and oxygen atoms in total. The minimum absolute atomic E-state index is 0.00857. The van der Waals surface area contributed by atoms with Crippen molar-refractivity contribution in [3.05, 3.63) is 66.0 Å². The highest BCUT2D eigenvalue weighted by molar-refractivity contribution is 5.98. The van der Waals surface area contributed by atoms with Crippen LogP contribution in [0.5, 0.6) is 0 Å². The van der Waals surface area contributed by atoms with Crippen LogP contribution in [-0.4, -0.2) is 39.4 Å². The van der Waals surface area contributed by atoms with Gasteiger partial charge >= 0.3 is 6.03 Å². The van der Waals surface area contributed by atoms with Gasteiger partial charge in [0.25, 0.3) is 0 Å². The number of rotatable bonds is 5. The molecule has 1 aromatic heterocycles. The van der Waals surface area contributed by atoms with E-state index in [9.17, 15) is 9.59 Å². The molecule has 2 amide bonds. The molecule has 2 aromatic carbocycles. The molecular weight excluding hydrogens is 364 g/mol. The summed E-state index contributed by atoms with van der Waals surface area (Å²) in [4.78, 5) is 31.7. The van der Waals surface area contributed by atoms with Gasteiger partial charge in [-0.1, -0.05) is 42.5 Å². The van der Waals surface area contributed by atoms with E-state index >= 15 is 0 Å². The molecule has 3 aromatic rings. The first-order valence-electron chi connectivity index (χ1n) is 10.2. The maximum absolute atomic E-state index is 12.6. The minimum Gasteiger partial charge on any atom is -0.331 e. The van der Waals surface area contributed by atoms with Gasteiger partial charge in [0.1, 0.15) is 5.82 Å². The summed E-state index contributed by atoms with van der Waals surface area (Å²) in [6, 6.07) is 17.3. The van der Waals surface area contributed by atoms with Gasteiger partial charge in [-0.05, 0) is 31.9 Å². The second-order valence-corrected chi connectivity index (χ2v) is 7.41. The lowest BCUT2D eigenvalue weighted by molar-refractivity contribution is 0.0854. The van der Waals surface area contributed by atoms with Crippen molar-refractivity contribution in [3.63, 3.8) is 0 Å². The summed E-state index contributed by atoms with van der Waals surface area (Å²) < 4.78 is 2.13. The lowest BCUT2D eigenvalue weighted by atomic mass is 9.89. The number of benzene rings is 2. The Morgan fingerprint density at radius 1 is 1.03 bits per heavy atom. The zero-order chi connectivity index (χ0) is 20.2. The first kappa shape index (κ1) is 19.2. The van der Waals surface area contributed by atoms with Gasteiger partial charge in [0, 0.05) is 31.1 Å². The highest BCUT2D eigenvalue weighted by Gasteiger charge is 2.28. The number of carbonyl (C=O) groups is 2. The van der Waals surface area contributed by atoms with Crippen molar-refractivity contribution in [1.82, 2.24) is 19.8 Å². The summed E-state index contributed by atoms with van der Waals surface area (Å²) in [7, 11) is 0. The number of imidazole rings is 1. The molecule has 0 saturated carbocycles. The summed E-state index contributed by atoms with van der Waals surface area (Å²) in [6.45, 7) is 4.47. The third kappa shape index (κ3) is 4.01. The average molecular weight is 390 g/mol. The van der Waals surface area contributed by atoms with E-state index in [1.165, 1.54) is 0 Å². The molecule has 0 bridgehead atoms. The van der Waals surface area contributed by atoms with Crippen LogP contribution in [0.1, 0.15) is 35.9 Å². The van der Waals surface area contributed by atoms with E-state index in [-0.39, 0.29) is 17.7 Å². The molecule has 0 radical (unpaired) electrons. The van der Waals surface area contributed by atoms with E-state index in [4.69, 9.17) is 0 Å². The molecule has 1 fully saturated rings. The minimum atomic E-state index is -0.0923. The molecule has 4 rings (SSSR count). The van der Waals surface area contributed by atoms with Crippen LogP contribution >= 0.6 is 0 Å². The van der Waals surface area contributed by atoms with Gasteiger partial charge in [-0.25, -0.2) is 9.78 Å². The number of piperidine rings is 1. The molecule has 150 valence electrons. The van der Waals surface area contributed by atoms with Gasteiger partial charge in [-0.15, -0.1) is 0 Å². The van der Waals surface area contributed by atoms with Gasteiger partial charge in [-0.3, -0.25) is 4.79 Å². The number of nitrogens with zero attached hydrogens (tertiary/aromatic N) is 3. The predicted octanol–water partition coefficient (Wildman–Crippen LogP) is 3.86. The molecule has 2 heterocycles. The van der Waals surface area contributed by atoms with Crippen LogP contribution in [0.15, 0.2) is 54.6 Å². The van der Waals surface area contributed by atoms with Gasteiger partial charge in [0.15, 0.2) is 5.78 Å². The monoisotopic (exact) mass is 390 g/mol. The zero-order valence-electron chi connectivity index (χ0n) is 16.7. The van der Waals surface area contributed by atoms with Crippen LogP contribution in [0.25, 0.3) is 11.0 Å². The zero-order valence-corrected chi connectivity index (χ0v) is 16.7. The smallest absolute Gasteiger partial charge is 0.317 e. The molecule has 1 N–H and O–H groups in total. The normalized spacial score (nSPS) is 14.9. The average Bonchev–Trinajstić information content (AvgIpc) is 3.15. The molecular formula is C23H26N4O2. The van der Waals surface area contributed by atoms with Crippen molar-refractivity contribution in [1.29, 1.82) is 0 Å². The predicted molar refractivity (Wildman–Crippen MR) is 113 cm³/mol. The first-order valence-corrected chi connectivity index (χ1v) is 10.2. The molecule has 0 unspecified atom stereocenters. The molecule has 0 atom stereocenters. The summed E-state index contributed by atoms with van der Waals surface area (Å²) in [5.74, 6) is 1.03. The fourth-order valence-electron chi connectivity index (χ4n) is 4.06. The van der Waals surface area contributed by atoms with E-state index in [1.54, 1.807) is 4.90 Å². The number of nitrogens with one attached hydrogen (secondary N) is 1. The number of aryl methyl sites for hydroxylation is 1. The number of hydrogen-bond donors (Lipinski definition) is 1. The second-order valence-electron chi connectivity index (χ2n) is 7.41. The van der Waals surface area contributed by atoms with Crippen LogP contribution < -0.4 is 5.32 Å². The van der Waals surface area contributed by atoms with E-state index in [0.717, 1.165) is 29.0 Å². The van der Waals surface area contributed by atoms with Crippen molar-refractivity contribution >= 4 is 22.8 Å². The van der Waals surface area contributed by atoms with Crippen LogP contribution in [0.2, 0.25) is 0 Å². The Kier molecular flexibility index (Phi) is 5.60. The van der Waals surface area contributed by atoms with Crippen molar-refractivity contribution < 1.29 is 9.59 Å². The Hall–Kier alpha value is -3.15. The third-order valence-electron chi connectivity index (χ3n) is 5.66. The number of aromatic nitrogens is 2. The summed E-state index contributed by atoms with van der Waals surface area (Å²) >= 11 is 0. The largest absolute Gasteiger partial charge is 0.331 e. The molecule has 6 heteroatoms. The van der Waals surface area contributed by atoms with Crippen molar-refractivity contribution in [2.75, 3.05) is 13.1 Å². The van der Waals surface area contributed by atoms with Gasteiger partial charge in [0.05, 0.1) is 17.6 Å². The Bertz CT molecular complexity index is 1000. The maximum Gasteiger partial charge on any atom is 0.317 e. The van der Waals surface area contributed by atoms with Crippen LogP contribution in [0, 0.1) is 5.92 Å². The summed E-state index contributed by atoms with van der Waals surface area (Å²) in [5.41, 5.74) is 2.78. The Morgan fingerprint density at radius 2 is 1.72 bits per heavy atom. The first-order chi connectivity index (χ1) is 14.2. The van der Waals surface area contributed by atoms with Crippen LogP contribution in [0.3, 0.4) is 0 Å². The van der Waals surface area contributed by atoms with E-state index in [1.807, 2.05) is 54.6 Å². The fraction of sp³-hybridized carbons (Fsp3) is 0.348. The highest BCUT2D eigenvalue weighted by Crippen LogP contribution is 2.22. The lowest BCUT2D eigenvalue weighted by Crippen LogP contribution is -2.45. The van der Waals surface area contributed by atoms with E-state index < -0.39 is 0 Å². The summed E-state index contributed by atoms with van der Waals surface area (Å²) in [6.07, 6.45) is 1.41. The van der Waals surface area contributed by atoms with Crippen molar-refractivity contribution in [2.24, 2.45) is 5.92 Å². The lowest BCUT2D eigenvalue weighted by Gasteiger charge is -2.31. The molecule has 0 aliphatic carbocycles. The number of amides is 2. The molecule has 1 saturated heterocycles. The van der Waals surface area contributed by atoms with E-state index in [0.29, 0.717) is 32.5 Å². The third-order valence-corrected chi connectivity index (χ3v) is 5.66. The number of likely N-dealkylation sites (tertiary alicyclic amines) is 1. The molecule has 1 aliphatic rings. The standard InChI is InChI=1S/C23H26N4O2/c1-2-27-20-11-7-6-10-19(20)25-21(27)16-24-23(29)26-14-12-18(13-15-26)22(28)17-8-4-3-5-9-17/h3-11,18H,2,12-16H2,1H3,(H,24,29). The molecule has 0 spiro atoms. The number of para-hydroxylation sites is 2. The number of fused-ring (bicyclic) bond motifs is 1. The Morgan fingerprint density at radius 3 is 2.45 bits per heavy atom. The van der Waals surface area contributed by atoms with Crippen LogP contribution in [0.4, 0.5) is 4.79 Å². The van der Waals surface area contributed by atoms with Crippen molar-refractivity contribution in [2.45, 2.75) is 32.9 Å². The molecule has 1 aliphatic heterocycles. The maximum atomic E-state index is 12.6. The fourth-order valence-corrected chi connectivity index (χ4v) is 4.06. The van der Waals surface area contributed by atoms with Crippen LogP contribution in [-0.2, 0) is 13.1 Å². The molecule has 29 heavy (non-hydrogen) atoms. The number of urea groups is 1. The topological polar surface area (TPSA) is 67.2 Å².